The summed E-state index contributed by atoms with van der Waals surface area (Å²) in [6.45, 7) is 5.43. The van der Waals surface area contributed by atoms with E-state index in [0.29, 0.717) is 12.0 Å². The fraction of sp³-hybridized carbons (Fsp3) is 0.412. The normalized spacial score (nSPS) is 12.8. The molecule has 0 aliphatic carbocycles. The first-order valence-corrected chi connectivity index (χ1v) is 9.28. The van der Waals surface area contributed by atoms with Crippen LogP contribution < -0.4 is 5.32 Å². The third kappa shape index (κ3) is 6.11. The van der Waals surface area contributed by atoms with Gasteiger partial charge in [-0.3, -0.25) is 0 Å². The lowest BCUT2D eigenvalue weighted by Crippen LogP contribution is -2.30. The molecule has 2 aromatic rings. The van der Waals surface area contributed by atoms with Crippen LogP contribution in [0.15, 0.2) is 40.2 Å². The second-order valence-corrected chi connectivity index (χ2v) is 8.04. The molecule has 1 N–H and O–H groups in total. The fourth-order valence-corrected chi connectivity index (χ4v) is 4.01. The van der Waals surface area contributed by atoms with Crippen LogP contribution in [0.4, 0.5) is 0 Å². The van der Waals surface area contributed by atoms with Crippen LogP contribution in [0.1, 0.15) is 24.3 Å². The average molecular weight is 387 g/mol. The average Bonchev–Trinajstić information content (AvgIpc) is 2.84. The summed E-state index contributed by atoms with van der Waals surface area (Å²) in [6, 6.07) is 11.0. The van der Waals surface area contributed by atoms with E-state index in [9.17, 15) is 0 Å². The van der Waals surface area contributed by atoms with Crippen molar-refractivity contribution in [1.82, 2.24) is 5.32 Å². The molecule has 1 heterocycles. The first kappa shape index (κ1) is 17.0. The molecule has 0 fully saturated rings. The van der Waals surface area contributed by atoms with Crippen LogP contribution in [-0.4, -0.2) is 12.6 Å². The Balaban J connectivity index is 2.02. The highest BCUT2D eigenvalue weighted by molar-refractivity contribution is 9.10. The molecule has 0 saturated heterocycles. The van der Waals surface area contributed by atoms with Gasteiger partial charge in [0.15, 0.2) is 0 Å². The van der Waals surface area contributed by atoms with Crippen LogP contribution >= 0.6 is 38.9 Å². The summed E-state index contributed by atoms with van der Waals surface area (Å²) in [4.78, 5) is 1.44. The minimum atomic E-state index is 0.521. The maximum absolute atomic E-state index is 5.97. The van der Waals surface area contributed by atoms with Gasteiger partial charge in [0.2, 0.25) is 0 Å². The minimum Gasteiger partial charge on any atom is -0.314 e. The largest absolute Gasteiger partial charge is 0.314 e. The zero-order valence-electron chi connectivity index (χ0n) is 12.4. The Bertz CT molecular complexity index is 550. The number of hydrogen-bond donors (Lipinski definition) is 1. The molecule has 0 amide bonds. The number of rotatable bonds is 7. The van der Waals surface area contributed by atoms with Crippen molar-refractivity contribution in [2.45, 2.75) is 32.7 Å². The van der Waals surface area contributed by atoms with Crippen molar-refractivity contribution >= 4 is 38.9 Å². The van der Waals surface area contributed by atoms with Crippen molar-refractivity contribution < 1.29 is 0 Å². The lowest BCUT2D eigenvalue weighted by Gasteiger charge is -2.19. The predicted molar refractivity (Wildman–Crippen MR) is 97.5 cm³/mol. The van der Waals surface area contributed by atoms with E-state index in [1.807, 2.05) is 23.5 Å². The third-order valence-corrected chi connectivity index (χ3v) is 5.34. The van der Waals surface area contributed by atoms with Gasteiger partial charge in [0, 0.05) is 25.8 Å². The van der Waals surface area contributed by atoms with E-state index >= 15 is 0 Å². The molecule has 2 rings (SSSR count). The minimum absolute atomic E-state index is 0.521. The molecule has 1 atom stereocenters. The second-order valence-electron chi connectivity index (χ2n) is 5.69. The Morgan fingerprint density at radius 3 is 2.48 bits per heavy atom. The van der Waals surface area contributed by atoms with Crippen molar-refractivity contribution in [3.8, 4) is 0 Å². The van der Waals surface area contributed by atoms with E-state index in [1.54, 1.807) is 0 Å². The molecule has 1 aromatic heterocycles. The molecule has 0 bridgehead atoms. The Kier molecular flexibility index (Phi) is 6.74. The topological polar surface area (TPSA) is 12.0 Å². The van der Waals surface area contributed by atoms with Gasteiger partial charge < -0.3 is 5.32 Å². The van der Waals surface area contributed by atoms with E-state index in [1.165, 1.54) is 14.9 Å². The van der Waals surface area contributed by atoms with Crippen LogP contribution in [-0.2, 0) is 12.8 Å². The summed E-state index contributed by atoms with van der Waals surface area (Å²) >= 11 is 11.3. The first-order valence-electron chi connectivity index (χ1n) is 7.23. The zero-order valence-corrected chi connectivity index (χ0v) is 15.6. The molecule has 21 heavy (non-hydrogen) atoms. The van der Waals surface area contributed by atoms with Gasteiger partial charge in [0.05, 0.1) is 0 Å². The first-order chi connectivity index (χ1) is 10.0. The van der Waals surface area contributed by atoms with E-state index in [-0.39, 0.29) is 0 Å². The molecule has 0 radical (unpaired) electrons. The van der Waals surface area contributed by atoms with Crippen molar-refractivity contribution in [3.63, 3.8) is 0 Å². The Hall–Kier alpha value is -0.350. The number of thiophene rings is 1. The summed E-state index contributed by atoms with van der Waals surface area (Å²) in [5.74, 6) is 0.596. The molecule has 1 unspecified atom stereocenters. The van der Waals surface area contributed by atoms with E-state index in [0.717, 1.165) is 24.4 Å². The van der Waals surface area contributed by atoms with Crippen LogP contribution in [0, 0.1) is 5.92 Å². The van der Waals surface area contributed by atoms with Crippen molar-refractivity contribution in [2.24, 2.45) is 5.92 Å². The van der Waals surface area contributed by atoms with Crippen LogP contribution in [0.5, 0.6) is 0 Å². The molecular weight excluding hydrogens is 366 g/mol. The van der Waals surface area contributed by atoms with Crippen LogP contribution in [0.3, 0.4) is 0 Å². The number of hydrogen-bond acceptors (Lipinski definition) is 2. The Morgan fingerprint density at radius 2 is 1.90 bits per heavy atom. The lowest BCUT2D eigenvalue weighted by molar-refractivity contribution is 0.446. The van der Waals surface area contributed by atoms with Gasteiger partial charge >= 0.3 is 0 Å². The van der Waals surface area contributed by atoms with E-state index < -0.39 is 0 Å². The van der Waals surface area contributed by atoms with Crippen LogP contribution in [0.2, 0.25) is 5.02 Å². The maximum atomic E-state index is 5.97. The number of nitrogens with one attached hydrogen (secondary N) is 1. The van der Waals surface area contributed by atoms with Gasteiger partial charge in [0.25, 0.3) is 0 Å². The monoisotopic (exact) mass is 385 g/mol. The fourth-order valence-electron chi connectivity index (χ4n) is 2.32. The summed E-state index contributed by atoms with van der Waals surface area (Å²) in [6.07, 6.45) is 2.19. The van der Waals surface area contributed by atoms with Gasteiger partial charge in [-0.25, -0.2) is 0 Å². The van der Waals surface area contributed by atoms with Gasteiger partial charge in [-0.05, 0) is 65.0 Å². The highest BCUT2D eigenvalue weighted by Crippen LogP contribution is 2.24. The molecule has 0 spiro atoms. The second kappa shape index (κ2) is 8.33. The highest BCUT2D eigenvalue weighted by atomic mass is 79.9. The molecule has 0 aliphatic rings. The summed E-state index contributed by atoms with van der Waals surface area (Å²) < 4.78 is 1.18. The van der Waals surface area contributed by atoms with Crippen molar-refractivity contribution in [2.75, 3.05) is 6.54 Å². The van der Waals surface area contributed by atoms with E-state index in [4.69, 9.17) is 11.6 Å². The van der Waals surface area contributed by atoms with Crippen molar-refractivity contribution in [3.05, 3.63) is 55.6 Å². The van der Waals surface area contributed by atoms with Crippen molar-refractivity contribution in [1.29, 1.82) is 0 Å². The summed E-state index contributed by atoms with van der Waals surface area (Å²) in [5, 5.41) is 6.53. The Morgan fingerprint density at radius 1 is 1.19 bits per heavy atom. The summed E-state index contributed by atoms with van der Waals surface area (Å²) in [5.41, 5.74) is 1.35. The number of benzene rings is 1. The van der Waals surface area contributed by atoms with Gasteiger partial charge in [-0.15, -0.1) is 11.3 Å². The number of halogens is 2. The van der Waals surface area contributed by atoms with Gasteiger partial charge in [0.1, 0.15) is 0 Å². The standard InChI is InChI=1S/C17H21BrClNS/c1-12(2)20-10-14(8-17-9-15(18)11-21-17)7-13-3-5-16(19)6-4-13/h3-6,9,11-12,14,20H,7-8,10H2,1-2H3. The molecule has 1 aromatic carbocycles. The van der Waals surface area contributed by atoms with Crippen LogP contribution in [0.25, 0.3) is 0 Å². The third-order valence-electron chi connectivity index (χ3n) is 3.36. The summed E-state index contributed by atoms with van der Waals surface area (Å²) in [7, 11) is 0. The molecule has 1 nitrogen and oxygen atoms in total. The smallest absolute Gasteiger partial charge is 0.0406 e. The molecular formula is C17H21BrClNS. The Labute approximate surface area is 144 Å². The maximum Gasteiger partial charge on any atom is 0.0406 e. The molecule has 4 heteroatoms. The predicted octanol–water partition coefficient (Wildman–Crippen LogP) is 5.56. The zero-order chi connectivity index (χ0) is 15.2. The highest BCUT2D eigenvalue weighted by Gasteiger charge is 2.13. The lowest BCUT2D eigenvalue weighted by atomic mass is 9.95. The molecule has 0 saturated carbocycles. The molecule has 114 valence electrons. The van der Waals surface area contributed by atoms with Gasteiger partial charge in [-0.2, -0.15) is 0 Å². The SMILES string of the molecule is CC(C)NCC(Cc1ccc(Cl)cc1)Cc1cc(Br)cs1. The van der Waals surface area contributed by atoms with Gasteiger partial charge in [-0.1, -0.05) is 37.6 Å². The molecule has 0 aliphatic heterocycles. The van der Waals surface area contributed by atoms with E-state index in [2.05, 4.69) is 58.7 Å². The quantitative estimate of drug-likeness (QED) is 0.656.